The minimum Gasteiger partial charge on any atom is -0.334 e. The number of hydrogen-bond donors (Lipinski definition) is 1. The van der Waals surface area contributed by atoms with E-state index in [4.69, 9.17) is 5.84 Å². The zero-order chi connectivity index (χ0) is 17.8. The maximum absolute atomic E-state index is 13.0. The van der Waals surface area contributed by atoms with Crippen LogP contribution in [0.1, 0.15) is 26.9 Å². The van der Waals surface area contributed by atoms with Gasteiger partial charge in [0.2, 0.25) is 5.16 Å². The summed E-state index contributed by atoms with van der Waals surface area (Å²) in [6.45, 7) is 1.54. The number of nitrogens with zero attached hydrogens (tertiary/aromatic N) is 3. The Morgan fingerprint density at radius 1 is 1.04 bits per heavy atom. The second-order valence-corrected chi connectivity index (χ2v) is 6.45. The van der Waals surface area contributed by atoms with Crippen LogP contribution in [0.3, 0.4) is 0 Å². The van der Waals surface area contributed by atoms with Crippen LogP contribution in [-0.4, -0.2) is 20.7 Å². The summed E-state index contributed by atoms with van der Waals surface area (Å²) < 4.78 is 0.932. The summed E-state index contributed by atoms with van der Waals surface area (Å²) in [6.07, 6.45) is 0. The van der Waals surface area contributed by atoms with Crippen LogP contribution in [-0.2, 0) is 0 Å². The van der Waals surface area contributed by atoms with Gasteiger partial charge in [0.05, 0.1) is 0 Å². The summed E-state index contributed by atoms with van der Waals surface area (Å²) in [6, 6.07) is 18.3. The van der Waals surface area contributed by atoms with Crippen molar-refractivity contribution >= 4 is 17.5 Å². The Morgan fingerprint density at radius 2 is 1.64 bits per heavy atom. The van der Waals surface area contributed by atoms with Gasteiger partial charge in [-0.2, -0.15) is 4.68 Å². The van der Waals surface area contributed by atoms with Gasteiger partial charge in [0.25, 0.3) is 5.56 Å². The van der Waals surface area contributed by atoms with Gasteiger partial charge < -0.3 is 5.84 Å². The predicted molar refractivity (Wildman–Crippen MR) is 97.0 cm³/mol. The Morgan fingerprint density at radius 3 is 2.28 bits per heavy atom. The summed E-state index contributed by atoms with van der Waals surface area (Å²) in [4.78, 5) is 25.0. The van der Waals surface area contributed by atoms with Crippen molar-refractivity contribution in [2.24, 2.45) is 0 Å². The largest absolute Gasteiger partial charge is 0.334 e. The van der Waals surface area contributed by atoms with Crippen molar-refractivity contribution < 1.29 is 4.79 Å². The normalized spacial score (nSPS) is 11.9. The van der Waals surface area contributed by atoms with E-state index < -0.39 is 10.8 Å². The minimum absolute atomic E-state index is 0.0911. The van der Waals surface area contributed by atoms with E-state index in [9.17, 15) is 9.59 Å². The van der Waals surface area contributed by atoms with Crippen LogP contribution in [0.25, 0.3) is 0 Å². The first kappa shape index (κ1) is 16.9. The highest BCUT2D eigenvalue weighted by Gasteiger charge is 2.25. The quantitative estimate of drug-likeness (QED) is 0.431. The molecule has 25 heavy (non-hydrogen) atoms. The van der Waals surface area contributed by atoms with Gasteiger partial charge in [0, 0.05) is 5.56 Å². The van der Waals surface area contributed by atoms with Crippen LogP contribution in [0.4, 0.5) is 0 Å². The number of benzene rings is 2. The van der Waals surface area contributed by atoms with Crippen molar-refractivity contribution in [2.75, 3.05) is 5.84 Å². The summed E-state index contributed by atoms with van der Waals surface area (Å²) >= 11 is 1.11. The van der Waals surface area contributed by atoms with Crippen molar-refractivity contribution in [3.05, 3.63) is 87.8 Å². The number of nitrogen functional groups attached to an aromatic ring is 1. The van der Waals surface area contributed by atoms with Crippen LogP contribution < -0.4 is 11.4 Å². The Labute approximate surface area is 148 Å². The lowest BCUT2D eigenvalue weighted by Crippen LogP contribution is -2.32. The third kappa shape index (κ3) is 3.61. The maximum Gasteiger partial charge on any atom is 0.294 e. The van der Waals surface area contributed by atoms with Crippen molar-refractivity contribution in [3.63, 3.8) is 0 Å². The molecule has 2 aromatic carbocycles. The van der Waals surface area contributed by atoms with Crippen molar-refractivity contribution in [3.8, 4) is 0 Å². The molecule has 0 aliphatic carbocycles. The number of thioether (sulfide) groups is 1. The van der Waals surface area contributed by atoms with E-state index in [1.807, 2.05) is 48.5 Å². The van der Waals surface area contributed by atoms with Crippen LogP contribution in [0.15, 0.2) is 70.6 Å². The van der Waals surface area contributed by atoms with Crippen LogP contribution in [0.5, 0.6) is 0 Å². The molecule has 2 N–H and O–H groups in total. The molecule has 3 rings (SSSR count). The molecule has 0 saturated carbocycles. The lowest BCUT2D eigenvalue weighted by Gasteiger charge is -2.16. The number of aromatic nitrogens is 3. The smallest absolute Gasteiger partial charge is 0.294 e. The first-order chi connectivity index (χ1) is 12.1. The number of rotatable bonds is 5. The van der Waals surface area contributed by atoms with Crippen molar-refractivity contribution in [1.29, 1.82) is 0 Å². The molecule has 1 atom stereocenters. The summed E-state index contributed by atoms with van der Waals surface area (Å²) in [7, 11) is 0. The maximum atomic E-state index is 13.0. The number of ketones is 1. The zero-order valence-corrected chi connectivity index (χ0v) is 14.3. The molecule has 0 unspecified atom stereocenters. The number of carbonyl (C=O) groups excluding carboxylic acids is 1. The van der Waals surface area contributed by atoms with Crippen LogP contribution in [0, 0.1) is 6.92 Å². The van der Waals surface area contributed by atoms with Gasteiger partial charge in [-0.3, -0.25) is 9.59 Å². The third-order valence-corrected chi connectivity index (χ3v) is 4.85. The summed E-state index contributed by atoms with van der Waals surface area (Å²) in [5.74, 6) is 5.73. The predicted octanol–water partition coefficient (Wildman–Crippen LogP) is 2.38. The standard InChI is InChI=1S/C18H16N4O2S/c1-12-17(24)22(19)18(21-20-12)25-16(14-10-6-3-7-11-14)15(23)13-8-4-2-5-9-13/h2-11,16H,19H2,1H3/t16-/m1/s1. The summed E-state index contributed by atoms with van der Waals surface area (Å²) in [5, 5.41) is 7.40. The Balaban J connectivity index is 2.02. The van der Waals surface area contributed by atoms with E-state index in [2.05, 4.69) is 10.2 Å². The molecule has 1 heterocycles. The molecule has 7 heteroatoms. The lowest BCUT2D eigenvalue weighted by molar-refractivity contribution is 0.0989. The Kier molecular flexibility index (Phi) is 4.95. The van der Waals surface area contributed by atoms with Gasteiger partial charge in [0.1, 0.15) is 10.9 Å². The van der Waals surface area contributed by atoms with Gasteiger partial charge in [0.15, 0.2) is 5.78 Å². The molecule has 0 fully saturated rings. The van der Waals surface area contributed by atoms with E-state index >= 15 is 0 Å². The topological polar surface area (TPSA) is 90.9 Å². The van der Waals surface area contributed by atoms with E-state index in [1.165, 1.54) is 6.92 Å². The fourth-order valence-electron chi connectivity index (χ4n) is 2.31. The highest BCUT2D eigenvalue weighted by molar-refractivity contribution is 8.00. The number of nitrogens with two attached hydrogens (primary N) is 1. The highest BCUT2D eigenvalue weighted by atomic mass is 32.2. The third-order valence-electron chi connectivity index (χ3n) is 3.64. The molecule has 0 spiro atoms. The van der Waals surface area contributed by atoms with Gasteiger partial charge in [-0.1, -0.05) is 72.4 Å². The fraction of sp³-hybridized carbons (Fsp3) is 0.111. The second-order valence-electron chi connectivity index (χ2n) is 5.38. The van der Waals surface area contributed by atoms with Gasteiger partial charge in [-0.15, -0.1) is 10.2 Å². The summed E-state index contributed by atoms with van der Waals surface area (Å²) in [5.41, 5.74) is 1.15. The lowest BCUT2D eigenvalue weighted by atomic mass is 10.0. The number of hydrogen-bond acceptors (Lipinski definition) is 6. The molecule has 0 radical (unpaired) electrons. The highest BCUT2D eigenvalue weighted by Crippen LogP contribution is 2.35. The second kappa shape index (κ2) is 7.31. The fourth-order valence-corrected chi connectivity index (χ4v) is 3.34. The SMILES string of the molecule is Cc1nnc(S[C@@H](C(=O)c2ccccc2)c2ccccc2)n(N)c1=O. The molecule has 0 aliphatic heterocycles. The molecular formula is C18H16N4O2S. The monoisotopic (exact) mass is 352 g/mol. The van der Waals surface area contributed by atoms with Gasteiger partial charge >= 0.3 is 0 Å². The van der Waals surface area contributed by atoms with Crippen LogP contribution in [0.2, 0.25) is 0 Å². The van der Waals surface area contributed by atoms with Gasteiger partial charge in [-0.05, 0) is 12.5 Å². The van der Waals surface area contributed by atoms with Gasteiger partial charge in [-0.25, -0.2) is 0 Å². The molecular weight excluding hydrogens is 336 g/mol. The van der Waals surface area contributed by atoms with Crippen molar-refractivity contribution in [1.82, 2.24) is 14.9 Å². The molecule has 3 aromatic rings. The first-order valence-electron chi connectivity index (χ1n) is 7.60. The molecule has 0 amide bonds. The van der Waals surface area contributed by atoms with E-state index in [0.717, 1.165) is 22.0 Å². The molecule has 1 aromatic heterocycles. The zero-order valence-electron chi connectivity index (χ0n) is 13.5. The Bertz CT molecular complexity index is 942. The molecule has 0 bridgehead atoms. The van der Waals surface area contributed by atoms with Crippen molar-refractivity contribution in [2.45, 2.75) is 17.3 Å². The average molecular weight is 352 g/mol. The molecule has 126 valence electrons. The minimum atomic E-state index is -0.588. The number of aryl methyl sites for hydroxylation is 1. The van der Waals surface area contributed by atoms with E-state index in [0.29, 0.717) is 5.56 Å². The molecule has 0 aliphatic rings. The van der Waals surface area contributed by atoms with E-state index in [-0.39, 0.29) is 16.6 Å². The number of Topliss-reactive ketones (excluding diaryl/α,β-unsaturated/α-hetero) is 1. The van der Waals surface area contributed by atoms with E-state index in [1.54, 1.807) is 12.1 Å². The first-order valence-corrected chi connectivity index (χ1v) is 8.48. The average Bonchev–Trinajstić information content (AvgIpc) is 2.66. The number of carbonyl (C=O) groups is 1. The Hall–Kier alpha value is -2.93. The molecule has 6 nitrogen and oxygen atoms in total. The molecule has 0 saturated heterocycles. The van der Waals surface area contributed by atoms with Crippen LogP contribution >= 0.6 is 11.8 Å².